The number of nitrogens with zero attached hydrogens (tertiary/aromatic N) is 1. The van der Waals surface area contributed by atoms with Crippen LogP contribution in [0.15, 0.2) is 24.3 Å². The third-order valence-corrected chi connectivity index (χ3v) is 2.00. The number of nitro benzene ring substituents is 1. The van der Waals surface area contributed by atoms with E-state index < -0.39 is 4.92 Å². The Morgan fingerprint density at radius 1 is 1.22 bits per heavy atom. The number of hydrogen-bond donors (Lipinski definition) is 0. The van der Waals surface area contributed by atoms with E-state index in [1.807, 2.05) is 5.83 Å². The van der Waals surface area contributed by atoms with Gasteiger partial charge < -0.3 is 9.47 Å². The number of non-ortho nitro benzene ring substituents is 1. The Labute approximate surface area is 119 Å². The fourth-order valence-electron chi connectivity index (χ4n) is 1.30. The average molecular weight is 341 g/mol. The maximum absolute atomic E-state index is 10.4. The zero-order valence-electron chi connectivity index (χ0n) is 10.1. The molecule has 0 spiro atoms. The van der Waals surface area contributed by atoms with Crippen LogP contribution in [0.2, 0.25) is 0 Å². The number of halogens is 2. The number of alkyl halides is 2. The zero-order chi connectivity index (χ0) is 14.0. The standard InChI is InChI=1S/C9H9NO4.CH3Br.CH3Cl/c11-10(12)8-3-1-7(2-4-8)9-13-5-6-14-9;2*1-2/h1-4,9H,5-6H2;2*1H3. The van der Waals surface area contributed by atoms with E-state index in [0.29, 0.717) is 13.2 Å². The number of rotatable bonds is 2. The summed E-state index contributed by atoms with van der Waals surface area (Å²) in [7, 11) is 0. The van der Waals surface area contributed by atoms with Crippen molar-refractivity contribution < 1.29 is 14.4 Å². The molecule has 5 nitrogen and oxygen atoms in total. The zero-order valence-corrected chi connectivity index (χ0v) is 12.5. The van der Waals surface area contributed by atoms with Crippen LogP contribution in [0, 0.1) is 10.1 Å². The van der Waals surface area contributed by atoms with Gasteiger partial charge in [-0.05, 0) is 18.0 Å². The maximum Gasteiger partial charge on any atom is 0.269 e. The quantitative estimate of drug-likeness (QED) is 0.469. The molecule has 7 heteroatoms. The molecule has 0 atom stereocenters. The first-order chi connectivity index (χ1) is 8.77. The molecule has 0 N–H and O–H groups in total. The summed E-state index contributed by atoms with van der Waals surface area (Å²) >= 11 is 7.58. The van der Waals surface area contributed by atoms with Crippen LogP contribution in [0.1, 0.15) is 11.9 Å². The van der Waals surface area contributed by atoms with E-state index in [1.54, 1.807) is 12.1 Å². The van der Waals surface area contributed by atoms with Crippen molar-refractivity contribution in [2.24, 2.45) is 0 Å². The minimum atomic E-state index is -0.430. The van der Waals surface area contributed by atoms with Gasteiger partial charge in [0.25, 0.3) is 5.69 Å². The lowest BCUT2D eigenvalue weighted by Crippen LogP contribution is -1.97. The molecule has 102 valence electrons. The van der Waals surface area contributed by atoms with Crippen molar-refractivity contribution in [3.05, 3.63) is 39.9 Å². The van der Waals surface area contributed by atoms with Gasteiger partial charge in [0.05, 0.1) is 18.1 Å². The molecule has 1 aromatic carbocycles. The number of hydrogen-bond acceptors (Lipinski definition) is 4. The second kappa shape index (κ2) is 10.3. The summed E-state index contributed by atoms with van der Waals surface area (Å²) in [6, 6.07) is 6.18. The van der Waals surface area contributed by atoms with Crippen molar-refractivity contribution in [1.29, 1.82) is 0 Å². The molecule has 0 bridgehead atoms. The second-order valence-electron chi connectivity index (χ2n) is 2.92. The van der Waals surface area contributed by atoms with E-state index in [1.165, 1.54) is 18.5 Å². The van der Waals surface area contributed by atoms with Crippen molar-refractivity contribution in [3.63, 3.8) is 0 Å². The van der Waals surface area contributed by atoms with Gasteiger partial charge in [-0.15, -0.1) is 11.6 Å². The number of benzene rings is 1. The minimum absolute atomic E-state index is 0.0757. The fourth-order valence-corrected chi connectivity index (χ4v) is 1.30. The van der Waals surface area contributed by atoms with E-state index in [2.05, 4.69) is 27.5 Å². The molecule has 1 saturated heterocycles. The van der Waals surface area contributed by atoms with Crippen molar-refractivity contribution in [1.82, 2.24) is 0 Å². The first kappa shape index (κ1) is 17.3. The molecule has 18 heavy (non-hydrogen) atoms. The second-order valence-corrected chi connectivity index (χ2v) is 2.92. The fraction of sp³-hybridized carbons (Fsp3) is 0.455. The molecule has 0 radical (unpaired) electrons. The number of ether oxygens (including phenoxy) is 2. The SMILES string of the molecule is CBr.CCl.O=[N+]([O-])c1ccc(C2OCCO2)cc1. The van der Waals surface area contributed by atoms with Gasteiger partial charge in [-0.25, -0.2) is 0 Å². The normalized spacial score (nSPS) is 14.0. The summed E-state index contributed by atoms with van der Waals surface area (Å²) in [6.45, 7) is 1.14. The van der Waals surface area contributed by atoms with Crippen LogP contribution >= 0.6 is 27.5 Å². The van der Waals surface area contributed by atoms with Crippen molar-refractivity contribution in [2.45, 2.75) is 6.29 Å². The van der Waals surface area contributed by atoms with Gasteiger partial charge in [0, 0.05) is 24.1 Å². The summed E-state index contributed by atoms with van der Waals surface area (Å²) in [6.07, 6.45) is 1.11. The van der Waals surface area contributed by atoms with Crippen LogP contribution in [0.25, 0.3) is 0 Å². The van der Waals surface area contributed by atoms with Crippen molar-refractivity contribution in [3.8, 4) is 0 Å². The number of nitro groups is 1. The van der Waals surface area contributed by atoms with Gasteiger partial charge in [0.1, 0.15) is 0 Å². The molecule has 1 aliphatic heterocycles. The summed E-state index contributed by atoms with van der Waals surface area (Å²) in [5.41, 5.74) is 0.889. The molecule has 0 aromatic heterocycles. The van der Waals surface area contributed by atoms with Gasteiger partial charge in [-0.1, -0.05) is 15.9 Å². The highest BCUT2D eigenvalue weighted by atomic mass is 79.9. The van der Waals surface area contributed by atoms with E-state index in [9.17, 15) is 10.1 Å². The summed E-state index contributed by atoms with van der Waals surface area (Å²) in [5.74, 6) is 1.81. The van der Waals surface area contributed by atoms with Crippen LogP contribution < -0.4 is 0 Å². The third-order valence-electron chi connectivity index (χ3n) is 2.00. The highest BCUT2D eigenvalue weighted by molar-refractivity contribution is 9.08. The predicted molar refractivity (Wildman–Crippen MR) is 74.4 cm³/mol. The van der Waals surface area contributed by atoms with Crippen LogP contribution in [-0.4, -0.2) is 30.4 Å². The monoisotopic (exact) mass is 339 g/mol. The Morgan fingerprint density at radius 3 is 2.06 bits per heavy atom. The first-order valence-electron chi connectivity index (χ1n) is 5.00. The van der Waals surface area contributed by atoms with Crippen LogP contribution in [0.5, 0.6) is 0 Å². The van der Waals surface area contributed by atoms with Crippen molar-refractivity contribution >= 4 is 33.2 Å². The summed E-state index contributed by atoms with van der Waals surface area (Å²) in [4.78, 5) is 9.95. The topological polar surface area (TPSA) is 61.6 Å². The highest BCUT2D eigenvalue weighted by Gasteiger charge is 2.18. The van der Waals surface area contributed by atoms with E-state index in [4.69, 9.17) is 9.47 Å². The lowest BCUT2D eigenvalue weighted by molar-refractivity contribution is -0.384. The molecule has 0 amide bonds. The highest BCUT2D eigenvalue weighted by Crippen LogP contribution is 2.24. The van der Waals surface area contributed by atoms with Gasteiger partial charge in [0.2, 0.25) is 0 Å². The van der Waals surface area contributed by atoms with Crippen LogP contribution in [-0.2, 0) is 9.47 Å². The van der Waals surface area contributed by atoms with Crippen LogP contribution in [0.4, 0.5) is 5.69 Å². The van der Waals surface area contributed by atoms with E-state index >= 15 is 0 Å². The molecule has 0 aliphatic carbocycles. The maximum atomic E-state index is 10.4. The predicted octanol–water partition coefficient (Wildman–Crippen LogP) is 3.51. The largest absolute Gasteiger partial charge is 0.346 e. The molecular weight excluding hydrogens is 325 g/mol. The van der Waals surface area contributed by atoms with E-state index in [-0.39, 0.29) is 12.0 Å². The molecule has 0 saturated carbocycles. The Hall–Kier alpha value is -0.690. The Morgan fingerprint density at radius 2 is 1.67 bits per heavy atom. The van der Waals surface area contributed by atoms with Gasteiger partial charge in [-0.3, -0.25) is 10.1 Å². The Bertz CT molecular complexity index is 341. The lowest BCUT2D eigenvalue weighted by Gasteiger charge is -2.07. The molecule has 0 unspecified atom stereocenters. The third kappa shape index (κ3) is 5.30. The van der Waals surface area contributed by atoms with E-state index in [0.717, 1.165) is 5.56 Å². The van der Waals surface area contributed by atoms with Crippen LogP contribution in [0.3, 0.4) is 0 Å². The van der Waals surface area contributed by atoms with Gasteiger partial charge in [-0.2, -0.15) is 0 Å². The molecule has 1 heterocycles. The molecule has 2 rings (SSSR count). The molecule has 1 aliphatic rings. The average Bonchev–Trinajstić information content (AvgIpc) is 2.97. The summed E-state index contributed by atoms with van der Waals surface area (Å²) < 4.78 is 10.5. The lowest BCUT2D eigenvalue weighted by atomic mass is 10.2. The Balaban J connectivity index is 0.000000659. The first-order valence-corrected chi connectivity index (χ1v) is 7.35. The van der Waals surface area contributed by atoms with Crippen molar-refractivity contribution in [2.75, 3.05) is 25.4 Å². The van der Waals surface area contributed by atoms with Gasteiger partial charge in [0.15, 0.2) is 6.29 Å². The Kier molecular flexibility index (Phi) is 9.86. The summed E-state index contributed by atoms with van der Waals surface area (Å²) in [5, 5.41) is 10.4. The van der Waals surface area contributed by atoms with Gasteiger partial charge >= 0.3 is 0 Å². The molecule has 1 aromatic rings. The smallest absolute Gasteiger partial charge is 0.269 e. The molecule has 1 fully saturated rings. The minimum Gasteiger partial charge on any atom is -0.346 e. The molecular formula is C11H15BrClNO4.